The molecule has 1 N–H and O–H groups in total. The van der Waals surface area contributed by atoms with Crippen molar-refractivity contribution < 1.29 is 4.92 Å². The van der Waals surface area contributed by atoms with Gasteiger partial charge in [0, 0.05) is 5.03 Å². The largest absolute Gasteiger partial charge is 0.432 e. The van der Waals surface area contributed by atoms with Crippen LogP contribution in [-0.4, -0.2) is 14.9 Å². The van der Waals surface area contributed by atoms with Gasteiger partial charge in [-0.3, -0.25) is 0 Å². The third-order valence-corrected chi connectivity index (χ3v) is 2.16. The average Bonchev–Trinajstić information content (AvgIpc) is 2.62. The van der Waals surface area contributed by atoms with Gasteiger partial charge in [-0.05, 0) is 11.3 Å². The normalized spacial score (nSPS) is 12.1. The smallest absolute Gasteiger partial charge is 0.390 e. The first-order valence-corrected chi connectivity index (χ1v) is 4.59. The molecule has 6 heteroatoms. The Labute approximate surface area is 91.6 Å². The van der Waals surface area contributed by atoms with Crippen LogP contribution in [0.2, 0.25) is 0 Å². The highest BCUT2D eigenvalue weighted by Gasteiger charge is 2.21. The molecule has 0 aliphatic rings. The van der Waals surface area contributed by atoms with Gasteiger partial charge >= 0.3 is 5.95 Å². The minimum absolute atomic E-state index is 0.242. The molecule has 0 saturated heterocycles. The summed E-state index contributed by atoms with van der Waals surface area (Å²) in [6.45, 7) is 7.18. The van der Waals surface area contributed by atoms with E-state index in [9.17, 15) is 10.1 Å². The second-order valence-corrected chi connectivity index (χ2v) is 3.42. The Bertz CT molecular complexity index is 400. The zero-order valence-electron chi connectivity index (χ0n) is 7.94. The molecule has 0 saturated carbocycles. The van der Waals surface area contributed by atoms with Gasteiger partial charge < -0.3 is 10.1 Å². The van der Waals surface area contributed by atoms with Crippen LogP contribution in [0.4, 0.5) is 5.95 Å². The fraction of sp³-hybridized carbons (Fsp3) is 0.222. The van der Waals surface area contributed by atoms with Gasteiger partial charge in [-0.2, -0.15) is 0 Å². The van der Waals surface area contributed by atoms with Gasteiger partial charge in [-0.25, -0.2) is 4.98 Å². The first kappa shape index (κ1) is 11.5. The number of hydrogen-bond donors (Lipinski definition) is 1. The van der Waals surface area contributed by atoms with Crippen LogP contribution in [0.3, 0.4) is 0 Å². The van der Waals surface area contributed by atoms with Crippen LogP contribution in [-0.2, 0) is 0 Å². The molecule has 0 bridgehead atoms. The van der Waals surface area contributed by atoms with Crippen molar-refractivity contribution in [1.82, 2.24) is 9.97 Å². The lowest BCUT2D eigenvalue weighted by atomic mass is 10.0. The summed E-state index contributed by atoms with van der Waals surface area (Å²) in [7, 11) is 0. The Morgan fingerprint density at radius 2 is 2.53 bits per heavy atom. The van der Waals surface area contributed by atoms with E-state index >= 15 is 0 Å². The summed E-state index contributed by atoms with van der Waals surface area (Å²) in [6.07, 6.45) is 3.67. The predicted octanol–water partition coefficient (Wildman–Crippen LogP) is 2.73. The maximum atomic E-state index is 10.4. The SMILES string of the molecule is C=CCC(C(=C)Cl)c1c[nH]c([N+](=O)[O-])n1. The fourth-order valence-electron chi connectivity index (χ4n) is 1.17. The molecule has 1 heterocycles. The number of aromatic nitrogens is 2. The number of allylic oxidation sites excluding steroid dienone is 2. The van der Waals surface area contributed by atoms with E-state index in [0.29, 0.717) is 17.1 Å². The van der Waals surface area contributed by atoms with E-state index in [0.717, 1.165) is 0 Å². The summed E-state index contributed by atoms with van der Waals surface area (Å²) in [5, 5.41) is 10.8. The minimum atomic E-state index is -0.592. The van der Waals surface area contributed by atoms with Gasteiger partial charge in [0.1, 0.15) is 6.20 Å². The highest BCUT2D eigenvalue weighted by Crippen LogP contribution is 2.29. The lowest BCUT2D eigenvalue weighted by molar-refractivity contribution is -0.393. The van der Waals surface area contributed by atoms with Crippen molar-refractivity contribution in [2.75, 3.05) is 0 Å². The highest BCUT2D eigenvalue weighted by atomic mass is 35.5. The molecular formula is C9H10ClN3O2. The van der Waals surface area contributed by atoms with Gasteiger partial charge in [0.05, 0.1) is 5.92 Å². The Morgan fingerprint density at radius 3 is 2.93 bits per heavy atom. The van der Waals surface area contributed by atoms with Crippen molar-refractivity contribution in [2.45, 2.75) is 12.3 Å². The number of nitrogens with zero attached hydrogens (tertiary/aromatic N) is 2. The van der Waals surface area contributed by atoms with E-state index in [1.165, 1.54) is 6.20 Å². The quantitative estimate of drug-likeness (QED) is 0.478. The maximum Gasteiger partial charge on any atom is 0.432 e. The van der Waals surface area contributed by atoms with Gasteiger partial charge in [-0.1, -0.05) is 29.2 Å². The molecule has 1 rings (SSSR count). The predicted molar refractivity (Wildman–Crippen MR) is 57.8 cm³/mol. The summed E-state index contributed by atoms with van der Waals surface area (Å²) in [5.41, 5.74) is 0.501. The van der Waals surface area contributed by atoms with Crippen LogP contribution in [0, 0.1) is 10.1 Å². The summed E-state index contributed by atoms with van der Waals surface area (Å²) in [5.74, 6) is -0.536. The van der Waals surface area contributed by atoms with E-state index in [2.05, 4.69) is 23.1 Å². The number of nitrogens with one attached hydrogen (secondary N) is 1. The van der Waals surface area contributed by atoms with Crippen molar-refractivity contribution in [3.05, 3.63) is 46.3 Å². The molecule has 1 unspecified atom stereocenters. The van der Waals surface area contributed by atoms with Gasteiger partial charge in [0.15, 0.2) is 5.69 Å². The number of H-pyrrole nitrogens is 1. The van der Waals surface area contributed by atoms with Gasteiger partial charge in [0.25, 0.3) is 0 Å². The Morgan fingerprint density at radius 1 is 1.87 bits per heavy atom. The van der Waals surface area contributed by atoms with Crippen molar-refractivity contribution in [1.29, 1.82) is 0 Å². The molecule has 0 aliphatic heterocycles. The van der Waals surface area contributed by atoms with Crippen molar-refractivity contribution >= 4 is 17.5 Å². The third-order valence-electron chi connectivity index (χ3n) is 1.89. The van der Waals surface area contributed by atoms with Gasteiger partial charge in [0.2, 0.25) is 0 Å². The summed E-state index contributed by atoms with van der Waals surface area (Å²) >= 11 is 5.78. The Kier molecular flexibility index (Phi) is 3.62. The summed E-state index contributed by atoms with van der Waals surface area (Å²) in [4.78, 5) is 16.1. The summed E-state index contributed by atoms with van der Waals surface area (Å²) in [6, 6.07) is 0. The first-order valence-electron chi connectivity index (χ1n) is 4.21. The number of rotatable bonds is 5. The van der Waals surface area contributed by atoms with Crippen LogP contribution < -0.4 is 0 Å². The molecular weight excluding hydrogens is 218 g/mol. The number of aromatic amines is 1. The lowest BCUT2D eigenvalue weighted by Gasteiger charge is -2.06. The Hall–Kier alpha value is -1.62. The molecule has 0 amide bonds. The zero-order chi connectivity index (χ0) is 11.4. The number of nitro groups is 1. The molecule has 1 aromatic heterocycles. The van der Waals surface area contributed by atoms with E-state index in [1.54, 1.807) is 6.08 Å². The van der Waals surface area contributed by atoms with Crippen LogP contribution >= 0.6 is 11.6 Å². The van der Waals surface area contributed by atoms with E-state index in [-0.39, 0.29) is 11.9 Å². The van der Waals surface area contributed by atoms with E-state index < -0.39 is 4.92 Å². The number of halogens is 1. The van der Waals surface area contributed by atoms with Crippen LogP contribution in [0.15, 0.2) is 30.5 Å². The van der Waals surface area contributed by atoms with Crippen LogP contribution in [0.25, 0.3) is 0 Å². The molecule has 0 fully saturated rings. The van der Waals surface area contributed by atoms with Crippen LogP contribution in [0.1, 0.15) is 18.0 Å². The molecule has 1 atom stereocenters. The van der Waals surface area contributed by atoms with Gasteiger partial charge in [-0.15, -0.1) is 6.58 Å². The van der Waals surface area contributed by atoms with Crippen LogP contribution in [0.5, 0.6) is 0 Å². The molecule has 15 heavy (non-hydrogen) atoms. The molecule has 80 valence electrons. The summed E-state index contributed by atoms with van der Waals surface area (Å²) < 4.78 is 0. The fourth-order valence-corrected chi connectivity index (χ4v) is 1.37. The maximum absolute atomic E-state index is 10.4. The van der Waals surface area contributed by atoms with E-state index in [4.69, 9.17) is 11.6 Å². The highest BCUT2D eigenvalue weighted by molar-refractivity contribution is 6.29. The van der Waals surface area contributed by atoms with Crippen molar-refractivity contribution in [3.8, 4) is 0 Å². The Balaban J connectivity index is 2.96. The average molecular weight is 228 g/mol. The topological polar surface area (TPSA) is 71.8 Å². The molecule has 0 spiro atoms. The third kappa shape index (κ3) is 2.66. The zero-order valence-corrected chi connectivity index (χ0v) is 8.70. The molecule has 1 aromatic rings. The monoisotopic (exact) mass is 227 g/mol. The van der Waals surface area contributed by atoms with Crippen molar-refractivity contribution in [2.24, 2.45) is 0 Å². The number of hydrogen-bond acceptors (Lipinski definition) is 3. The molecule has 5 nitrogen and oxygen atoms in total. The molecule has 0 aliphatic carbocycles. The molecule has 0 radical (unpaired) electrons. The van der Waals surface area contributed by atoms with Crippen molar-refractivity contribution in [3.63, 3.8) is 0 Å². The number of imidazole rings is 1. The van der Waals surface area contributed by atoms with E-state index in [1.807, 2.05) is 0 Å². The standard InChI is InChI=1S/C9H10ClN3O2/c1-3-4-7(6(2)10)8-5-11-9(12-8)13(14)15/h3,5,7H,1-2,4H2,(H,11,12). The second kappa shape index (κ2) is 4.75. The lowest BCUT2D eigenvalue weighted by Crippen LogP contribution is -1.98. The molecule has 0 aromatic carbocycles. The second-order valence-electron chi connectivity index (χ2n) is 2.93. The first-order chi connectivity index (χ1) is 7.06. The minimum Gasteiger partial charge on any atom is -0.390 e.